The number of nitrogens with one attached hydrogen (secondary N) is 1. The Morgan fingerprint density at radius 1 is 1.26 bits per heavy atom. The van der Waals surface area contributed by atoms with Gasteiger partial charge in [0.25, 0.3) is 0 Å². The third-order valence-electron chi connectivity index (χ3n) is 4.41. The standard InChI is InChI=1S/C20H17FN4O2/c1-13-4-5-15(27-12-18-16(21)3-2-7-23-18)9-19(13)25-11-14-6-8-22-10-17(14)24-20(25)26/h2-10H,11-12H2,1H3,(H,24,26). The van der Waals surface area contributed by atoms with E-state index in [2.05, 4.69) is 15.3 Å². The Morgan fingerprint density at radius 3 is 3.00 bits per heavy atom. The number of halogens is 1. The maximum absolute atomic E-state index is 13.7. The van der Waals surface area contributed by atoms with Gasteiger partial charge in [0.1, 0.15) is 23.9 Å². The summed E-state index contributed by atoms with van der Waals surface area (Å²) < 4.78 is 19.4. The largest absolute Gasteiger partial charge is 0.487 e. The second-order valence-corrected chi connectivity index (χ2v) is 6.22. The number of nitrogens with zero attached hydrogens (tertiary/aromatic N) is 3. The summed E-state index contributed by atoms with van der Waals surface area (Å²) in [5, 5.41) is 2.84. The number of aryl methyl sites for hydroxylation is 1. The SMILES string of the molecule is Cc1ccc(OCc2ncccc2F)cc1N1Cc2ccncc2NC1=O. The van der Waals surface area contributed by atoms with Gasteiger partial charge in [-0.3, -0.25) is 14.9 Å². The van der Waals surface area contributed by atoms with Crippen molar-refractivity contribution in [3.63, 3.8) is 0 Å². The number of rotatable bonds is 4. The maximum atomic E-state index is 13.7. The van der Waals surface area contributed by atoms with E-state index in [4.69, 9.17) is 4.74 Å². The van der Waals surface area contributed by atoms with Gasteiger partial charge in [0.15, 0.2) is 0 Å². The lowest BCUT2D eigenvalue weighted by molar-refractivity contribution is 0.256. The molecular formula is C20H17FN4O2. The number of anilines is 2. The molecule has 0 atom stereocenters. The Labute approximate surface area is 155 Å². The van der Waals surface area contributed by atoms with Crippen LogP contribution in [0.25, 0.3) is 0 Å². The first-order valence-electron chi connectivity index (χ1n) is 8.46. The van der Waals surface area contributed by atoms with E-state index in [9.17, 15) is 9.18 Å². The molecule has 1 aliphatic rings. The summed E-state index contributed by atoms with van der Waals surface area (Å²) in [5.41, 5.74) is 3.59. The van der Waals surface area contributed by atoms with Gasteiger partial charge in [-0.1, -0.05) is 6.07 Å². The molecule has 0 bridgehead atoms. The first-order chi connectivity index (χ1) is 13.1. The van der Waals surface area contributed by atoms with Crippen molar-refractivity contribution < 1.29 is 13.9 Å². The number of carbonyl (C=O) groups is 1. The Kier molecular flexibility index (Phi) is 4.42. The minimum atomic E-state index is -0.412. The second kappa shape index (κ2) is 7.03. The highest BCUT2D eigenvalue weighted by atomic mass is 19.1. The predicted octanol–water partition coefficient (Wildman–Crippen LogP) is 4.06. The molecule has 2 aromatic heterocycles. The van der Waals surface area contributed by atoms with Crippen molar-refractivity contribution in [3.8, 4) is 5.75 Å². The molecule has 0 fully saturated rings. The summed E-state index contributed by atoms with van der Waals surface area (Å²) in [5.74, 6) is 0.124. The molecule has 6 nitrogen and oxygen atoms in total. The molecule has 0 saturated carbocycles. The summed E-state index contributed by atoms with van der Waals surface area (Å²) in [4.78, 5) is 22.2. The highest BCUT2D eigenvalue weighted by molar-refractivity contribution is 6.04. The van der Waals surface area contributed by atoms with E-state index in [-0.39, 0.29) is 18.3 Å². The third kappa shape index (κ3) is 3.44. The average Bonchev–Trinajstić information content (AvgIpc) is 2.68. The first-order valence-corrected chi connectivity index (χ1v) is 8.46. The van der Waals surface area contributed by atoms with Crippen molar-refractivity contribution in [2.75, 3.05) is 10.2 Å². The third-order valence-corrected chi connectivity index (χ3v) is 4.41. The number of amides is 2. The number of benzene rings is 1. The van der Waals surface area contributed by atoms with Gasteiger partial charge >= 0.3 is 6.03 Å². The molecule has 1 N–H and O–H groups in total. The number of hydrogen-bond donors (Lipinski definition) is 1. The molecule has 2 amide bonds. The predicted molar refractivity (Wildman–Crippen MR) is 99.1 cm³/mol. The number of ether oxygens (including phenoxy) is 1. The number of hydrogen-bond acceptors (Lipinski definition) is 4. The van der Waals surface area contributed by atoms with Gasteiger partial charge in [-0.05, 0) is 42.3 Å². The summed E-state index contributed by atoms with van der Waals surface area (Å²) in [6, 6.07) is 9.96. The fourth-order valence-corrected chi connectivity index (χ4v) is 2.94. The number of pyridine rings is 2. The highest BCUT2D eigenvalue weighted by Gasteiger charge is 2.25. The number of fused-ring (bicyclic) bond motifs is 1. The minimum Gasteiger partial charge on any atom is -0.487 e. The van der Waals surface area contributed by atoms with Crippen LogP contribution >= 0.6 is 0 Å². The van der Waals surface area contributed by atoms with Crippen LogP contribution in [0.15, 0.2) is 55.0 Å². The van der Waals surface area contributed by atoms with Gasteiger partial charge < -0.3 is 10.1 Å². The van der Waals surface area contributed by atoms with E-state index in [1.54, 1.807) is 29.4 Å². The number of urea groups is 1. The molecule has 7 heteroatoms. The van der Waals surface area contributed by atoms with E-state index in [0.29, 0.717) is 12.3 Å². The van der Waals surface area contributed by atoms with E-state index in [0.717, 1.165) is 22.5 Å². The fourth-order valence-electron chi connectivity index (χ4n) is 2.94. The summed E-state index contributed by atoms with van der Waals surface area (Å²) >= 11 is 0. The minimum absolute atomic E-state index is 0.00980. The zero-order valence-electron chi connectivity index (χ0n) is 14.6. The van der Waals surface area contributed by atoms with Crippen LogP contribution in [0.2, 0.25) is 0 Å². The molecule has 0 saturated heterocycles. The molecule has 4 rings (SSSR count). The van der Waals surface area contributed by atoms with Gasteiger partial charge in [-0.25, -0.2) is 9.18 Å². The van der Waals surface area contributed by atoms with Crippen molar-refractivity contribution in [2.24, 2.45) is 0 Å². The van der Waals surface area contributed by atoms with Crippen LogP contribution in [0, 0.1) is 12.7 Å². The Morgan fingerprint density at radius 2 is 2.15 bits per heavy atom. The molecule has 3 heterocycles. The van der Waals surface area contributed by atoms with Gasteiger partial charge in [0.2, 0.25) is 0 Å². The smallest absolute Gasteiger partial charge is 0.326 e. The molecule has 27 heavy (non-hydrogen) atoms. The highest BCUT2D eigenvalue weighted by Crippen LogP contribution is 2.31. The van der Waals surface area contributed by atoms with Crippen LogP contribution < -0.4 is 15.0 Å². The lowest BCUT2D eigenvalue weighted by Crippen LogP contribution is -2.39. The number of carbonyl (C=O) groups excluding carboxylic acids is 1. The second-order valence-electron chi connectivity index (χ2n) is 6.22. The van der Waals surface area contributed by atoms with Crippen molar-refractivity contribution in [3.05, 3.63) is 77.6 Å². The molecule has 0 radical (unpaired) electrons. The van der Waals surface area contributed by atoms with Crippen molar-refractivity contribution in [2.45, 2.75) is 20.1 Å². The lowest BCUT2D eigenvalue weighted by atomic mass is 10.1. The van der Waals surface area contributed by atoms with E-state index in [1.165, 1.54) is 18.3 Å². The molecule has 1 aromatic carbocycles. The van der Waals surface area contributed by atoms with E-state index in [1.807, 2.05) is 19.1 Å². The molecular weight excluding hydrogens is 347 g/mol. The Bertz CT molecular complexity index is 1010. The molecule has 3 aromatic rings. The normalized spacial score (nSPS) is 13.1. The maximum Gasteiger partial charge on any atom is 0.326 e. The van der Waals surface area contributed by atoms with Crippen LogP contribution in [0.3, 0.4) is 0 Å². The van der Waals surface area contributed by atoms with Gasteiger partial charge in [0.05, 0.1) is 24.1 Å². The summed E-state index contributed by atoms with van der Waals surface area (Å²) in [6.07, 6.45) is 4.85. The van der Waals surface area contributed by atoms with Crippen LogP contribution in [0.5, 0.6) is 5.75 Å². The quantitative estimate of drug-likeness (QED) is 0.758. The molecule has 136 valence electrons. The monoisotopic (exact) mass is 364 g/mol. The topological polar surface area (TPSA) is 67.3 Å². The van der Waals surface area contributed by atoms with Gasteiger partial charge in [-0.2, -0.15) is 0 Å². The van der Waals surface area contributed by atoms with Gasteiger partial charge in [-0.15, -0.1) is 0 Å². The summed E-state index contributed by atoms with van der Waals surface area (Å²) in [7, 11) is 0. The molecule has 0 unspecified atom stereocenters. The first kappa shape index (κ1) is 17.0. The van der Waals surface area contributed by atoms with Crippen molar-refractivity contribution in [1.82, 2.24) is 9.97 Å². The van der Waals surface area contributed by atoms with Crippen LogP contribution in [-0.2, 0) is 13.2 Å². The fraction of sp³-hybridized carbons (Fsp3) is 0.150. The van der Waals surface area contributed by atoms with Crippen molar-refractivity contribution >= 4 is 17.4 Å². The van der Waals surface area contributed by atoms with Crippen LogP contribution in [-0.4, -0.2) is 16.0 Å². The molecule has 0 spiro atoms. The lowest BCUT2D eigenvalue weighted by Gasteiger charge is -2.30. The van der Waals surface area contributed by atoms with Crippen LogP contribution in [0.1, 0.15) is 16.8 Å². The van der Waals surface area contributed by atoms with Crippen molar-refractivity contribution in [1.29, 1.82) is 0 Å². The Balaban J connectivity index is 1.58. The number of aromatic nitrogens is 2. The molecule has 0 aliphatic carbocycles. The van der Waals surface area contributed by atoms with Crippen LogP contribution in [0.4, 0.5) is 20.6 Å². The zero-order chi connectivity index (χ0) is 18.8. The van der Waals surface area contributed by atoms with E-state index < -0.39 is 5.82 Å². The molecule has 1 aliphatic heterocycles. The zero-order valence-corrected chi connectivity index (χ0v) is 14.6. The average molecular weight is 364 g/mol. The summed E-state index contributed by atoms with van der Waals surface area (Å²) in [6.45, 7) is 2.37. The van der Waals surface area contributed by atoms with E-state index >= 15 is 0 Å². The Hall–Kier alpha value is -3.48. The van der Waals surface area contributed by atoms with Gasteiger partial charge in [0, 0.05) is 18.5 Å².